The number of rotatable bonds is 6. The van der Waals surface area contributed by atoms with Crippen LogP contribution in [0, 0.1) is 11.8 Å². The van der Waals surface area contributed by atoms with Gasteiger partial charge in [-0.2, -0.15) is 28.2 Å². The summed E-state index contributed by atoms with van der Waals surface area (Å²) in [7, 11) is 1.76. The minimum absolute atomic E-state index is 0.0722. The lowest BCUT2D eigenvalue weighted by Crippen LogP contribution is -2.33. The maximum Gasteiger partial charge on any atom is 0.393 e. The van der Waals surface area contributed by atoms with Crippen LogP contribution in [0.15, 0.2) is 37.3 Å². The zero-order chi connectivity index (χ0) is 22.2. The SMILES string of the molecule is C=CC(=O)N1C[C@@H](COc2nc(Nc3cnn(C)c3)nc3[nH]ccc23)[C@H](C(F)(F)F)C1. The smallest absolute Gasteiger partial charge is 0.393 e. The number of likely N-dealkylation sites (tertiary alicyclic amines) is 1. The number of amides is 1. The highest BCUT2D eigenvalue weighted by Crippen LogP contribution is 2.38. The molecule has 1 saturated heterocycles. The summed E-state index contributed by atoms with van der Waals surface area (Å²) in [5, 5.41) is 7.58. The van der Waals surface area contributed by atoms with E-state index >= 15 is 0 Å². The molecule has 12 heteroatoms. The van der Waals surface area contributed by atoms with Crippen LogP contribution >= 0.6 is 0 Å². The van der Waals surface area contributed by atoms with E-state index in [9.17, 15) is 18.0 Å². The fourth-order valence-corrected chi connectivity index (χ4v) is 3.60. The van der Waals surface area contributed by atoms with Gasteiger partial charge in [-0.1, -0.05) is 6.58 Å². The molecule has 0 aromatic carbocycles. The molecule has 0 spiro atoms. The minimum atomic E-state index is -4.45. The Morgan fingerprint density at radius 2 is 2.23 bits per heavy atom. The van der Waals surface area contributed by atoms with Crippen LogP contribution in [0.5, 0.6) is 5.88 Å². The maximum absolute atomic E-state index is 13.5. The summed E-state index contributed by atoms with van der Waals surface area (Å²) in [5.41, 5.74) is 1.12. The molecule has 0 bridgehead atoms. The highest BCUT2D eigenvalue weighted by molar-refractivity contribution is 5.87. The second-order valence-electron chi connectivity index (χ2n) is 7.29. The fourth-order valence-electron chi connectivity index (χ4n) is 3.60. The van der Waals surface area contributed by atoms with Crippen LogP contribution in [0.4, 0.5) is 24.8 Å². The van der Waals surface area contributed by atoms with Crippen molar-refractivity contribution >= 4 is 28.6 Å². The van der Waals surface area contributed by atoms with E-state index in [2.05, 4.69) is 31.9 Å². The Labute approximate surface area is 174 Å². The minimum Gasteiger partial charge on any atom is -0.477 e. The lowest BCUT2D eigenvalue weighted by atomic mass is 9.96. The summed E-state index contributed by atoms with van der Waals surface area (Å²) >= 11 is 0. The summed E-state index contributed by atoms with van der Waals surface area (Å²) in [4.78, 5) is 24.6. The Morgan fingerprint density at radius 1 is 1.42 bits per heavy atom. The number of aromatic nitrogens is 5. The number of anilines is 2. The van der Waals surface area contributed by atoms with Gasteiger partial charge in [-0.25, -0.2) is 0 Å². The highest BCUT2D eigenvalue weighted by atomic mass is 19.4. The van der Waals surface area contributed by atoms with Crippen molar-refractivity contribution in [3.63, 3.8) is 0 Å². The molecule has 3 aromatic heterocycles. The summed E-state index contributed by atoms with van der Waals surface area (Å²) in [5.74, 6) is -2.79. The van der Waals surface area contributed by atoms with E-state index in [1.54, 1.807) is 36.4 Å². The molecule has 1 amide bonds. The second-order valence-corrected chi connectivity index (χ2v) is 7.29. The van der Waals surface area contributed by atoms with Gasteiger partial charge in [-0.3, -0.25) is 9.48 Å². The van der Waals surface area contributed by atoms with Gasteiger partial charge in [0.15, 0.2) is 0 Å². The average Bonchev–Trinajstić information content (AvgIpc) is 3.44. The number of carbonyl (C=O) groups excluding carboxylic acids is 1. The number of H-pyrrole nitrogens is 1. The molecule has 0 saturated carbocycles. The van der Waals surface area contributed by atoms with Crippen LogP contribution in [0.3, 0.4) is 0 Å². The number of aromatic amines is 1. The molecule has 164 valence electrons. The number of aryl methyl sites for hydroxylation is 1. The van der Waals surface area contributed by atoms with E-state index in [4.69, 9.17) is 4.74 Å². The van der Waals surface area contributed by atoms with E-state index in [0.717, 1.165) is 11.0 Å². The Kier molecular flexibility index (Phi) is 5.29. The van der Waals surface area contributed by atoms with E-state index in [0.29, 0.717) is 16.7 Å². The third-order valence-electron chi connectivity index (χ3n) is 5.12. The highest BCUT2D eigenvalue weighted by Gasteiger charge is 2.50. The molecule has 31 heavy (non-hydrogen) atoms. The lowest BCUT2D eigenvalue weighted by Gasteiger charge is -2.21. The monoisotopic (exact) mass is 435 g/mol. The van der Waals surface area contributed by atoms with Crippen molar-refractivity contribution in [3.8, 4) is 5.88 Å². The molecule has 3 aromatic rings. The van der Waals surface area contributed by atoms with Gasteiger partial charge in [0.05, 0.1) is 29.8 Å². The zero-order valence-corrected chi connectivity index (χ0v) is 16.6. The number of carbonyl (C=O) groups is 1. The number of nitrogens with zero attached hydrogens (tertiary/aromatic N) is 5. The number of fused-ring (bicyclic) bond motifs is 1. The molecular weight excluding hydrogens is 415 g/mol. The standard InChI is InChI=1S/C19H20F3N7O2/c1-3-15(30)29-7-11(14(9-29)19(20,21)22)10-31-17-13-4-5-23-16(13)26-18(27-17)25-12-6-24-28(2)8-12/h3-6,8,11,14H,1,7,9-10H2,2H3,(H2,23,25,26,27)/t11-,14+/m0/s1. The molecule has 0 unspecified atom stereocenters. The first-order chi connectivity index (χ1) is 14.7. The normalized spacial score (nSPS) is 19.0. The van der Waals surface area contributed by atoms with Gasteiger partial charge < -0.3 is 19.9 Å². The van der Waals surface area contributed by atoms with Crippen LogP contribution in [0.1, 0.15) is 0 Å². The van der Waals surface area contributed by atoms with E-state index in [1.807, 2.05) is 0 Å². The van der Waals surface area contributed by atoms with Crippen molar-refractivity contribution in [2.24, 2.45) is 18.9 Å². The van der Waals surface area contributed by atoms with E-state index in [-0.39, 0.29) is 25.0 Å². The van der Waals surface area contributed by atoms with Gasteiger partial charge >= 0.3 is 6.18 Å². The Morgan fingerprint density at radius 3 is 2.90 bits per heavy atom. The van der Waals surface area contributed by atoms with Crippen molar-refractivity contribution in [3.05, 3.63) is 37.3 Å². The number of alkyl halides is 3. The van der Waals surface area contributed by atoms with Crippen molar-refractivity contribution < 1.29 is 22.7 Å². The third kappa shape index (κ3) is 4.32. The van der Waals surface area contributed by atoms with Crippen molar-refractivity contribution in [2.75, 3.05) is 25.0 Å². The Hall–Kier alpha value is -3.57. The quantitative estimate of drug-likeness (QED) is 0.578. The Balaban J connectivity index is 1.55. The molecule has 2 N–H and O–H groups in total. The largest absolute Gasteiger partial charge is 0.477 e. The van der Waals surface area contributed by atoms with Crippen LogP contribution < -0.4 is 10.1 Å². The molecular formula is C19H20F3N7O2. The summed E-state index contributed by atoms with van der Waals surface area (Å²) in [6.45, 7) is 2.60. The number of halogens is 3. The van der Waals surface area contributed by atoms with Gasteiger partial charge in [0, 0.05) is 38.4 Å². The summed E-state index contributed by atoms with van der Waals surface area (Å²) in [6.07, 6.45) is 1.51. The Bertz CT molecular complexity index is 1110. The van der Waals surface area contributed by atoms with Crippen LogP contribution in [0.25, 0.3) is 11.0 Å². The van der Waals surface area contributed by atoms with Gasteiger partial charge in [-0.05, 0) is 12.1 Å². The summed E-state index contributed by atoms with van der Waals surface area (Å²) in [6, 6.07) is 1.68. The number of nitrogens with one attached hydrogen (secondary N) is 2. The first-order valence-electron chi connectivity index (χ1n) is 9.46. The van der Waals surface area contributed by atoms with Gasteiger partial charge in [0.25, 0.3) is 0 Å². The molecule has 1 aliphatic heterocycles. The first-order valence-corrected chi connectivity index (χ1v) is 9.46. The van der Waals surface area contributed by atoms with Crippen LogP contribution in [-0.4, -0.2) is 61.4 Å². The first kappa shape index (κ1) is 20.7. The average molecular weight is 435 g/mol. The lowest BCUT2D eigenvalue weighted by molar-refractivity contribution is -0.182. The molecule has 1 fully saturated rings. The van der Waals surface area contributed by atoms with Crippen molar-refractivity contribution in [1.82, 2.24) is 29.6 Å². The fraction of sp³-hybridized carbons (Fsp3) is 0.368. The zero-order valence-electron chi connectivity index (χ0n) is 16.6. The third-order valence-corrected chi connectivity index (χ3v) is 5.12. The predicted octanol–water partition coefficient (Wildman–Crippen LogP) is 2.64. The molecule has 0 radical (unpaired) electrons. The predicted molar refractivity (Wildman–Crippen MR) is 106 cm³/mol. The van der Waals surface area contributed by atoms with E-state index in [1.165, 1.54) is 0 Å². The second kappa shape index (κ2) is 7.93. The topological polar surface area (TPSA) is 101 Å². The number of hydrogen-bond acceptors (Lipinski definition) is 6. The van der Waals surface area contributed by atoms with Crippen molar-refractivity contribution in [1.29, 1.82) is 0 Å². The molecule has 9 nitrogen and oxygen atoms in total. The van der Waals surface area contributed by atoms with Gasteiger partial charge in [-0.15, -0.1) is 0 Å². The molecule has 1 aliphatic rings. The molecule has 4 rings (SSSR count). The van der Waals surface area contributed by atoms with Crippen LogP contribution in [0.2, 0.25) is 0 Å². The van der Waals surface area contributed by atoms with Crippen molar-refractivity contribution in [2.45, 2.75) is 6.18 Å². The summed E-state index contributed by atoms with van der Waals surface area (Å²) < 4.78 is 47.9. The molecule has 0 aliphatic carbocycles. The van der Waals surface area contributed by atoms with Gasteiger partial charge in [0.1, 0.15) is 5.65 Å². The van der Waals surface area contributed by atoms with E-state index < -0.39 is 30.5 Å². The molecule has 4 heterocycles. The van der Waals surface area contributed by atoms with Crippen LogP contribution in [-0.2, 0) is 11.8 Å². The molecule has 2 atom stereocenters. The number of ether oxygens (including phenoxy) is 1. The van der Waals surface area contributed by atoms with Gasteiger partial charge in [0.2, 0.25) is 17.7 Å². The maximum atomic E-state index is 13.5. The number of hydrogen-bond donors (Lipinski definition) is 2.